The molecule has 67 heavy (non-hydrogen) atoms. The molecule has 0 aliphatic heterocycles. The average Bonchev–Trinajstić information content (AvgIpc) is 3.20. The number of nitrogens with two attached hydrogens (primary N) is 1. The molecule has 0 aliphatic carbocycles. The van der Waals surface area contributed by atoms with Gasteiger partial charge in [-0.3, -0.25) is 18.4 Å². The van der Waals surface area contributed by atoms with Crippen LogP contribution in [0.5, 0.6) is 23.0 Å². The van der Waals surface area contributed by atoms with Crippen LogP contribution in [0.25, 0.3) is 10.8 Å². The molecule has 346 valence electrons. The number of hydrogen-bond donors (Lipinski definition) is 2. The predicted molar refractivity (Wildman–Crippen MR) is 207 cm³/mol. The maximum Gasteiger partial charge on any atom is 1.00 e. The number of phenols is 1. The van der Waals surface area contributed by atoms with E-state index in [-0.39, 0.29) is 186 Å². The zero-order chi connectivity index (χ0) is 46.9. The Morgan fingerprint density at radius 1 is 0.657 bits per heavy atom. The number of phenolic OH excluding ortho intramolecular Hbond substituents is 1. The maximum atomic E-state index is 13.1. The summed E-state index contributed by atoms with van der Waals surface area (Å²) >= 11 is 0.269. The summed E-state index contributed by atoms with van der Waals surface area (Å²) in [6.07, 6.45) is 0. The first-order chi connectivity index (χ1) is 29.5. The van der Waals surface area contributed by atoms with E-state index in [2.05, 4.69) is 43.4 Å². The van der Waals surface area contributed by atoms with E-state index in [0.717, 1.165) is 45.6 Å². The Morgan fingerprint density at radius 3 is 1.72 bits per heavy atom. The molecule has 0 saturated heterocycles. The number of fused-ring (bicyclic) bond motifs is 1. The Morgan fingerprint density at radius 2 is 1.18 bits per heavy atom. The molecule has 0 fully saturated rings. The number of sulfone groups is 2. The normalized spacial score (nSPS) is 12.0. The molecule has 0 spiro atoms. The number of nitrogens with zero attached hydrogens (tertiary/aromatic N) is 4. The molecule has 3 N–H and O–H groups in total. The molecule has 4 aromatic carbocycles. The van der Waals surface area contributed by atoms with Crippen LogP contribution >= 0.6 is 24.4 Å². The van der Waals surface area contributed by atoms with Gasteiger partial charge in [0, 0.05) is 18.2 Å². The zero-order valence-electron chi connectivity index (χ0n) is 36.1. The molecule has 0 radical (unpaired) electrons. The number of aryl methyl sites for hydroxylation is 1. The quantitative estimate of drug-likeness (QED) is 0.00801. The number of anilines is 1. The van der Waals surface area contributed by atoms with Crippen LogP contribution in [0.1, 0.15) is 5.56 Å². The van der Waals surface area contributed by atoms with E-state index in [1.54, 1.807) is 0 Å². The fourth-order valence-electron chi connectivity index (χ4n) is 5.23. The van der Waals surface area contributed by atoms with E-state index in [9.17, 15) is 58.4 Å². The number of rotatable bonds is 23. The van der Waals surface area contributed by atoms with E-state index in [1.807, 2.05) is 0 Å². The van der Waals surface area contributed by atoms with E-state index >= 15 is 0 Å². The van der Waals surface area contributed by atoms with Crippen molar-refractivity contribution in [2.45, 2.75) is 26.5 Å². The van der Waals surface area contributed by atoms with Crippen molar-refractivity contribution in [3.8, 4) is 23.0 Å². The van der Waals surface area contributed by atoms with E-state index in [4.69, 9.17) is 24.1 Å². The first kappa shape index (κ1) is 66.4. The molecule has 0 bridgehead atoms. The zero-order valence-corrected chi connectivity index (χ0v) is 49.0. The van der Waals surface area contributed by atoms with Gasteiger partial charge >= 0.3 is 118 Å². The van der Waals surface area contributed by atoms with Crippen molar-refractivity contribution >= 4 is 104 Å². The molecule has 27 nitrogen and oxygen atoms in total. The molecular formula is C30H29N5Na4O22S6. The number of benzene rings is 4. The van der Waals surface area contributed by atoms with Gasteiger partial charge < -0.3 is 44.7 Å². The first-order valence-electron chi connectivity index (χ1n) is 16.3. The van der Waals surface area contributed by atoms with E-state index < -0.39 is 109 Å². The van der Waals surface area contributed by atoms with Crippen LogP contribution in [0.3, 0.4) is 0 Å². The largest absolute Gasteiger partial charge is 1.00 e. The summed E-state index contributed by atoms with van der Waals surface area (Å²) in [4.78, 5) is -2.24. The predicted octanol–water partition coefficient (Wildman–Crippen LogP) is -9.73. The fourth-order valence-corrected chi connectivity index (χ4v) is 9.68. The summed E-state index contributed by atoms with van der Waals surface area (Å²) in [5.74, 6) is -3.45. The minimum atomic E-state index is -5.48. The minimum Gasteiger partial charge on any atom is -0.744 e. The standard InChI is InChI=1S/C30H33N5O22S6.4Na/c1-15-9-23(60(39,40)7-5-52-59-57-55-38)20(50-3)12-17(15)32-34-28-22(58-56-54-37)10-16-11-25(62(43,44)45)29(27(31)26(16)30(28)36)35-33-18-13-21(51-4)24(14-19(18)49-2)61(41,42)8-6-53-63(46,47)48;;;;/h9-14,36-38H,5-8,31H2,1-4H3,(H,43,44,45)(H,46,47,48);;;;/q;4*+1/p-4. The number of azo groups is 2. The molecule has 0 heterocycles. The van der Waals surface area contributed by atoms with E-state index in [0.29, 0.717) is 0 Å². The van der Waals surface area contributed by atoms with Gasteiger partial charge in [0.05, 0.1) is 84.6 Å². The van der Waals surface area contributed by atoms with Crippen molar-refractivity contribution in [3.63, 3.8) is 0 Å². The van der Waals surface area contributed by atoms with Crippen molar-refractivity contribution in [1.82, 2.24) is 0 Å². The Balaban J connectivity index is 0.0000109. The van der Waals surface area contributed by atoms with Gasteiger partial charge in [-0.2, -0.15) is 4.33 Å². The van der Waals surface area contributed by atoms with Gasteiger partial charge in [0.2, 0.25) is 10.4 Å². The second-order valence-electron chi connectivity index (χ2n) is 11.7. The molecule has 0 saturated carbocycles. The van der Waals surface area contributed by atoms with Gasteiger partial charge in [0.25, 0.3) is 0 Å². The molecule has 4 aromatic rings. The molecule has 0 aromatic heterocycles. The minimum absolute atomic E-state index is 0. The molecule has 0 unspecified atom stereocenters. The SMILES string of the molecule is COc1cc(S(=O)(=O)CCOS(=O)(=O)[O-])c(OC)cc1N=Nc1c(S(=O)(=O)[O-])cc2cc(SOO[O-])c(N=Nc3cc(OC)c(S(=O)(=O)CCOSOO[O-])cc3C)c(O)c2c1N.[Na+].[Na+].[Na+].[Na+]. The summed E-state index contributed by atoms with van der Waals surface area (Å²) in [7, 11) is -15.9. The average molecular weight is 1100 g/mol. The van der Waals surface area contributed by atoms with Crippen LogP contribution in [0, 0.1) is 6.92 Å². The number of nitrogen functional groups attached to an aromatic ring is 1. The molecule has 0 aliphatic rings. The third kappa shape index (κ3) is 17.9. The van der Waals surface area contributed by atoms with Crippen LogP contribution < -0.4 is 149 Å². The van der Waals surface area contributed by atoms with Gasteiger partial charge in [-0.25, -0.2) is 33.7 Å². The van der Waals surface area contributed by atoms with E-state index in [1.165, 1.54) is 19.1 Å². The Hall–Kier alpha value is -0.560. The summed E-state index contributed by atoms with van der Waals surface area (Å²) < 4.78 is 155. The monoisotopic (exact) mass is 1090 g/mol. The number of methoxy groups -OCH3 is 3. The van der Waals surface area contributed by atoms with Crippen molar-refractivity contribution in [3.05, 3.63) is 42.0 Å². The third-order valence-electron chi connectivity index (χ3n) is 7.99. The Bertz CT molecular complexity index is 2880. The van der Waals surface area contributed by atoms with Crippen molar-refractivity contribution < 1.29 is 218 Å². The second kappa shape index (κ2) is 29.2. The van der Waals surface area contributed by atoms with Crippen LogP contribution in [0.4, 0.5) is 28.4 Å². The summed E-state index contributed by atoms with van der Waals surface area (Å²) in [6.45, 7) is -0.0370. The summed E-state index contributed by atoms with van der Waals surface area (Å²) in [6, 6.07) is 6.01. The Kier molecular flexibility index (Phi) is 29.0. The van der Waals surface area contributed by atoms with Gasteiger partial charge in [0.15, 0.2) is 37.7 Å². The first-order valence-corrected chi connectivity index (χ1v) is 23.8. The molecule has 4 rings (SSSR count). The smallest absolute Gasteiger partial charge is 0.744 e. The van der Waals surface area contributed by atoms with Crippen LogP contribution in [0.15, 0.2) is 76.4 Å². The van der Waals surface area contributed by atoms with Crippen LogP contribution in [-0.4, -0.2) is 93.9 Å². The van der Waals surface area contributed by atoms with Crippen molar-refractivity contribution in [1.29, 1.82) is 0 Å². The number of ether oxygens (including phenoxy) is 3. The second-order valence-corrected chi connectivity index (χ2v) is 19.5. The maximum absolute atomic E-state index is 13.1. The Labute approximate surface area is 479 Å². The number of aromatic hydroxyl groups is 1. The van der Waals surface area contributed by atoms with Crippen molar-refractivity contribution in [2.75, 3.05) is 51.8 Å². The summed E-state index contributed by atoms with van der Waals surface area (Å²) in [5.41, 5.74) is 4.11. The third-order valence-corrected chi connectivity index (χ3v) is 13.7. The number of hydrogen-bond acceptors (Lipinski definition) is 29. The molecule has 0 atom stereocenters. The molecule has 0 amide bonds. The fraction of sp³-hybridized carbons (Fsp3) is 0.267. The molecule has 37 heteroatoms. The van der Waals surface area contributed by atoms with Crippen LogP contribution in [-0.2, 0) is 67.3 Å². The molecular weight excluding hydrogens is 1070 g/mol. The van der Waals surface area contributed by atoms with Gasteiger partial charge in [-0.1, -0.05) is 0 Å². The van der Waals surface area contributed by atoms with Gasteiger partial charge in [-0.05, 0) is 36.1 Å². The van der Waals surface area contributed by atoms with Crippen molar-refractivity contribution in [2.24, 2.45) is 20.5 Å². The van der Waals surface area contributed by atoms with Gasteiger partial charge in [0.1, 0.15) is 54.2 Å². The van der Waals surface area contributed by atoms with Gasteiger partial charge in [-0.15, -0.1) is 24.8 Å². The summed E-state index contributed by atoms with van der Waals surface area (Å²) in [5, 5.41) is 53.9. The van der Waals surface area contributed by atoms with Crippen LogP contribution in [0.2, 0.25) is 0 Å². The topological polar surface area (TPSA) is 408 Å².